The van der Waals surface area contributed by atoms with Gasteiger partial charge in [-0.2, -0.15) is 0 Å². The van der Waals surface area contributed by atoms with E-state index in [2.05, 4.69) is 0 Å². The monoisotopic (exact) mass is 219 g/mol. The van der Waals surface area contributed by atoms with Crippen molar-refractivity contribution >= 4 is 5.78 Å². The second kappa shape index (κ2) is 2.98. The van der Waals surface area contributed by atoms with Crippen LogP contribution in [-0.4, -0.2) is 18.1 Å². The maximum Gasteiger partial charge on any atom is 0.231 e. The molecule has 1 aliphatic carbocycles. The topological polar surface area (TPSA) is 61.6 Å². The summed E-state index contributed by atoms with van der Waals surface area (Å²) >= 11 is 0. The zero-order valence-corrected chi connectivity index (χ0v) is 9.08. The van der Waals surface area contributed by atoms with Crippen LogP contribution < -0.4 is 15.2 Å². The van der Waals surface area contributed by atoms with Gasteiger partial charge in [-0.25, -0.2) is 0 Å². The summed E-state index contributed by atoms with van der Waals surface area (Å²) in [5, 5.41) is 0. The zero-order valence-electron chi connectivity index (χ0n) is 9.08. The first-order chi connectivity index (χ1) is 7.60. The van der Waals surface area contributed by atoms with Crippen molar-refractivity contribution in [2.75, 3.05) is 6.79 Å². The molecule has 16 heavy (non-hydrogen) atoms. The van der Waals surface area contributed by atoms with Crippen molar-refractivity contribution in [3.05, 3.63) is 23.3 Å². The quantitative estimate of drug-likeness (QED) is 0.764. The van der Waals surface area contributed by atoms with Gasteiger partial charge < -0.3 is 15.2 Å². The molecule has 2 N–H and O–H groups in total. The predicted molar refractivity (Wildman–Crippen MR) is 57.8 cm³/mol. The second-order valence-electron chi connectivity index (χ2n) is 4.51. The highest BCUT2D eigenvalue weighted by Gasteiger charge is 2.46. The van der Waals surface area contributed by atoms with Crippen LogP contribution in [-0.2, 0) is 0 Å². The van der Waals surface area contributed by atoms with E-state index in [1.165, 1.54) is 0 Å². The Morgan fingerprint density at radius 1 is 1.31 bits per heavy atom. The van der Waals surface area contributed by atoms with E-state index < -0.39 is 5.54 Å². The Morgan fingerprint density at radius 2 is 1.94 bits per heavy atom. The number of benzene rings is 1. The Morgan fingerprint density at radius 3 is 2.56 bits per heavy atom. The van der Waals surface area contributed by atoms with Gasteiger partial charge >= 0.3 is 0 Å². The molecule has 3 rings (SSSR count). The minimum atomic E-state index is -0.627. The first-order valence-electron chi connectivity index (χ1n) is 5.34. The van der Waals surface area contributed by atoms with Crippen molar-refractivity contribution in [2.24, 2.45) is 5.73 Å². The Balaban J connectivity index is 2.04. The van der Waals surface area contributed by atoms with E-state index in [0.717, 1.165) is 18.4 Å². The summed E-state index contributed by atoms with van der Waals surface area (Å²) in [5.74, 6) is 1.36. The summed E-state index contributed by atoms with van der Waals surface area (Å²) in [7, 11) is 0. The molecule has 1 heterocycles. The lowest BCUT2D eigenvalue weighted by Gasteiger charge is -2.10. The average molecular weight is 219 g/mol. The van der Waals surface area contributed by atoms with E-state index in [1.807, 2.05) is 13.0 Å². The molecular formula is C12H13NO3. The number of Topliss-reactive ketones (excluding diaryl/α,β-unsaturated/α-hetero) is 1. The number of fused-ring (bicyclic) bond motifs is 1. The molecule has 0 atom stereocenters. The largest absolute Gasteiger partial charge is 0.454 e. The molecule has 0 bridgehead atoms. The lowest BCUT2D eigenvalue weighted by atomic mass is 9.98. The Hall–Kier alpha value is -1.55. The molecule has 4 heteroatoms. The van der Waals surface area contributed by atoms with Crippen LogP contribution >= 0.6 is 0 Å². The maximum atomic E-state index is 12.1. The van der Waals surface area contributed by atoms with Crippen molar-refractivity contribution in [3.8, 4) is 11.5 Å². The molecule has 4 nitrogen and oxygen atoms in total. The summed E-state index contributed by atoms with van der Waals surface area (Å²) in [4.78, 5) is 12.1. The lowest BCUT2D eigenvalue weighted by molar-refractivity contribution is 0.0948. The summed E-state index contributed by atoms with van der Waals surface area (Å²) in [6.07, 6.45) is 1.55. The standard InChI is InChI=1S/C12H13NO3/c1-7-4-9-10(16-6-15-9)5-8(7)11(14)12(13)2-3-12/h4-5H,2-3,6,13H2,1H3. The fourth-order valence-corrected chi connectivity index (χ4v) is 1.92. The number of carbonyl (C=O) groups excluding carboxylic acids is 1. The normalized spacial score (nSPS) is 19.6. The number of ketones is 1. The molecule has 0 amide bonds. The molecule has 0 saturated heterocycles. The van der Waals surface area contributed by atoms with Gasteiger partial charge in [0.2, 0.25) is 6.79 Å². The fourth-order valence-electron chi connectivity index (χ4n) is 1.92. The summed E-state index contributed by atoms with van der Waals surface area (Å²) in [6.45, 7) is 2.11. The minimum Gasteiger partial charge on any atom is -0.454 e. The highest BCUT2D eigenvalue weighted by molar-refractivity contribution is 6.06. The number of hydrogen-bond donors (Lipinski definition) is 1. The van der Waals surface area contributed by atoms with Crippen LogP contribution in [0.4, 0.5) is 0 Å². The van der Waals surface area contributed by atoms with Crippen LogP contribution in [0.1, 0.15) is 28.8 Å². The molecule has 0 spiro atoms. The minimum absolute atomic E-state index is 0.0169. The van der Waals surface area contributed by atoms with Gasteiger partial charge in [0.15, 0.2) is 17.3 Å². The van der Waals surface area contributed by atoms with Gasteiger partial charge in [0.25, 0.3) is 0 Å². The number of carbonyl (C=O) groups is 1. The molecule has 84 valence electrons. The summed E-state index contributed by atoms with van der Waals surface area (Å²) in [5.41, 5.74) is 6.84. The Bertz CT molecular complexity index is 477. The van der Waals surface area contributed by atoms with Crippen LogP contribution in [0.3, 0.4) is 0 Å². The van der Waals surface area contributed by atoms with Gasteiger partial charge in [-0.3, -0.25) is 4.79 Å². The Kier molecular flexibility index (Phi) is 1.80. The molecule has 1 fully saturated rings. The van der Waals surface area contributed by atoms with Crippen LogP contribution in [0.15, 0.2) is 12.1 Å². The molecule has 1 aliphatic heterocycles. The van der Waals surface area contributed by atoms with Gasteiger partial charge in [0.1, 0.15) is 0 Å². The number of hydrogen-bond acceptors (Lipinski definition) is 4. The first kappa shape index (κ1) is 9.66. The van der Waals surface area contributed by atoms with E-state index in [9.17, 15) is 4.79 Å². The molecule has 1 aromatic carbocycles. The average Bonchev–Trinajstić information content (AvgIpc) is 2.85. The zero-order chi connectivity index (χ0) is 11.3. The van der Waals surface area contributed by atoms with Crippen molar-refractivity contribution in [1.82, 2.24) is 0 Å². The van der Waals surface area contributed by atoms with Crippen molar-refractivity contribution in [3.63, 3.8) is 0 Å². The summed E-state index contributed by atoms with van der Waals surface area (Å²) < 4.78 is 10.5. The van der Waals surface area contributed by atoms with E-state index in [-0.39, 0.29) is 12.6 Å². The third-order valence-corrected chi connectivity index (χ3v) is 3.21. The maximum absolute atomic E-state index is 12.1. The van der Waals surface area contributed by atoms with Gasteiger partial charge in [-0.15, -0.1) is 0 Å². The van der Waals surface area contributed by atoms with Crippen molar-refractivity contribution in [2.45, 2.75) is 25.3 Å². The van der Waals surface area contributed by atoms with Crippen LogP contribution in [0.5, 0.6) is 11.5 Å². The van der Waals surface area contributed by atoms with Crippen LogP contribution in [0, 0.1) is 6.92 Å². The van der Waals surface area contributed by atoms with Crippen molar-refractivity contribution in [1.29, 1.82) is 0 Å². The molecule has 0 aromatic heterocycles. The van der Waals surface area contributed by atoms with Gasteiger partial charge in [-0.05, 0) is 37.5 Å². The summed E-state index contributed by atoms with van der Waals surface area (Å²) in [6, 6.07) is 3.58. The number of rotatable bonds is 2. The van der Waals surface area contributed by atoms with Crippen LogP contribution in [0.25, 0.3) is 0 Å². The first-order valence-corrected chi connectivity index (χ1v) is 5.34. The Labute approximate surface area is 93.3 Å². The highest BCUT2D eigenvalue weighted by Crippen LogP contribution is 2.40. The van der Waals surface area contributed by atoms with E-state index >= 15 is 0 Å². The molecular weight excluding hydrogens is 206 g/mol. The molecule has 2 aliphatic rings. The van der Waals surface area contributed by atoms with E-state index in [4.69, 9.17) is 15.2 Å². The highest BCUT2D eigenvalue weighted by atomic mass is 16.7. The third-order valence-electron chi connectivity index (χ3n) is 3.21. The van der Waals surface area contributed by atoms with Gasteiger partial charge in [-0.1, -0.05) is 0 Å². The smallest absolute Gasteiger partial charge is 0.231 e. The third kappa shape index (κ3) is 1.30. The number of aryl methyl sites for hydroxylation is 1. The molecule has 1 saturated carbocycles. The second-order valence-corrected chi connectivity index (χ2v) is 4.51. The lowest BCUT2D eigenvalue weighted by Crippen LogP contribution is -2.33. The van der Waals surface area contributed by atoms with Crippen molar-refractivity contribution < 1.29 is 14.3 Å². The van der Waals surface area contributed by atoms with Gasteiger partial charge in [0, 0.05) is 5.56 Å². The van der Waals surface area contributed by atoms with Crippen LogP contribution in [0.2, 0.25) is 0 Å². The number of nitrogens with two attached hydrogens (primary N) is 1. The molecule has 0 radical (unpaired) electrons. The predicted octanol–water partition coefficient (Wildman–Crippen LogP) is 1.40. The molecule has 1 aromatic rings. The fraction of sp³-hybridized carbons (Fsp3) is 0.417. The van der Waals surface area contributed by atoms with E-state index in [0.29, 0.717) is 17.1 Å². The number of ether oxygens (including phenoxy) is 2. The SMILES string of the molecule is Cc1cc2c(cc1C(=O)C1(N)CC1)OCO2. The molecule has 0 unspecified atom stereocenters. The van der Waals surface area contributed by atoms with Gasteiger partial charge in [0.05, 0.1) is 5.54 Å². The van der Waals surface area contributed by atoms with E-state index in [1.54, 1.807) is 6.07 Å².